The first-order valence-electron chi connectivity index (χ1n) is 8.24. The second-order valence-electron chi connectivity index (χ2n) is 6.34. The van der Waals surface area contributed by atoms with Crippen LogP contribution in [0.25, 0.3) is 0 Å². The van der Waals surface area contributed by atoms with Crippen LogP contribution in [0.2, 0.25) is 0 Å². The number of amides is 2. The van der Waals surface area contributed by atoms with Crippen LogP contribution >= 0.6 is 0 Å². The molecule has 126 valence electrons. The zero-order valence-electron chi connectivity index (χ0n) is 13.7. The van der Waals surface area contributed by atoms with E-state index >= 15 is 0 Å². The zero-order valence-corrected chi connectivity index (χ0v) is 13.7. The molecular weight excluding hydrogens is 296 g/mol. The van der Waals surface area contributed by atoms with Crippen molar-refractivity contribution in [3.05, 3.63) is 17.7 Å². The average Bonchev–Trinajstić information content (AvgIpc) is 3.22. The molecule has 7 heteroatoms. The maximum atomic E-state index is 12.4. The van der Waals surface area contributed by atoms with E-state index in [9.17, 15) is 9.59 Å². The number of hydrogen-bond donors (Lipinski definition) is 1. The van der Waals surface area contributed by atoms with Gasteiger partial charge in [0.15, 0.2) is 0 Å². The van der Waals surface area contributed by atoms with Gasteiger partial charge in [0.05, 0.1) is 12.6 Å². The fraction of sp³-hybridized carbons (Fsp3) is 0.688. The summed E-state index contributed by atoms with van der Waals surface area (Å²) in [4.78, 5) is 30.8. The molecule has 3 rings (SSSR count). The molecular formula is C16H24N4O3. The highest BCUT2D eigenvalue weighted by Gasteiger charge is 2.33. The van der Waals surface area contributed by atoms with Gasteiger partial charge in [-0.1, -0.05) is 0 Å². The van der Waals surface area contributed by atoms with Crippen LogP contribution in [-0.4, -0.2) is 53.1 Å². The summed E-state index contributed by atoms with van der Waals surface area (Å²) in [6, 6.07) is -0.0875. The smallest absolute Gasteiger partial charge is 0.271 e. The molecule has 7 nitrogen and oxygen atoms in total. The number of hydrogen-bond acceptors (Lipinski definition) is 4. The minimum absolute atomic E-state index is 0.0875. The number of carbonyl (C=O) groups excluding carboxylic acids is 2. The largest absolute Gasteiger partial charge is 0.383 e. The summed E-state index contributed by atoms with van der Waals surface area (Å²) >= 11 is 0. The number of imidazole rings is 1. The fourth-order valence-corrected chi connectivity index (χ4v) is 2.98. The Kier molecular flexibility index (Phi) is 4.66. The van der Waals surface area contributed by atoms with Crippen molar-refractivity contribution < 1.29 is 14.3 Å². The molecule has 0 saturated heterocycles. The van der Waals surface area contributed by atoms with Gasteiger partial charge in [-0.05, 0) is 25.7 Å². The quantitative estimate of drug-likeness (QED) is 0.792. The van der Waals surface area contributed by atoms with Gasteiger partial charge in [-0.15, -0.1) is 0 Å². The first-order valence-corrected chi connectivity index (χ1v) is 8.24. The molecule has 1 saturated carbocycles. The minimum atomic E-state index is -0.202. The predicted octanol–water partition coefficient (Wildman–Crippen LogP) is 0.963. The number of fused-ring (bicyclic) bond motifs is 1. The summed E-state index contributed by atoms with van der Waals surface area (Å²) in [7, 11) is 1.59. The van der Waals surface area contributed by atoms with Crippen molar-refractivity contribution in [1.29, 1.82) is 0 Å². The summed E-state index contributed by atoms with van der Waals surface area (Å²) in [5.74, 6) is 1.38. The molecule has 2 heterocycles. The van der Waals surface area contributed by atoms with Crippen LogP contribution < -0.4 is 5.32 Å². The van der Waals surface area contributed by atoms with Gasteiger partial charge in [-0.2, -0.15) is 0 Å². The Balaban J connectivity index is 1.67. The zero-order chi connectivity index (χ0) is 16.4. The molecule has 1 N–H and O–H groups in total. The van der Waals surface area contributed by atoms with Gasteiger partial charge in [-0.25, -0.2) is 4.98 Å². The fourth-order valence-electron chi connectivity index (χ4n) is 2.98. The van der Waals surface area contributed by atoms with E-state index in [-0.39, 0.29) is 17.9 Å². The van der Waals surface area contributed by atoms with Gasteiger partial charge >= 0.3 is 0 Å². The Morgan fingerprint density at radius 3 is 2.87 bits per heavy atom. The highest BCUT2D eigenvalue weighted by Crippen LogP contribution is 2.34. The van der Waals surface area contributed by atoms with E-state index in [1.165, 1.54) is 12.8 Å². The van der Waals surface area contributed by atoms with Crippen LogP contribution in [-0.2, 0) is 16.1 Å². The Labute approximate surface area is 136 Å². The van der Waals surface area contributed by atoms with Gasteiger partial charge in [0, 0.05) is 39.4 Å². The van der Waals surface area contributed by atoms with Crippen LogP contribution in [0.15, 0.2) is 6.20 Å². The monoisotopic (exact) mass is 320 g/mol. The van der Waals surface area contributed by atoms with Crippen molar-refractivity contribution >= 4 is 11.8 Å². The summed E-state index contributed by atoms with van der Waals surface area (Å²) < 4.78 is 6.90. The van der Waals surface area contributed by atoms with Gasteiger partial charge in [-0.3, -0.25) is 9.59 Å². The van der Waals surface area contributed by atoms with E-state index in [2.05, 4.69) is 10.3 Å². The van der Waals surface area contributed by atoms with Crippen LogP contribution in [0, 0.1) is 5.92 Å². The predicted molar refractivity (Wildman–Crippen MR) is 83.9 cm³/mol. The van der Waals surface area contributed by atoms with Crippen molar-refractivity contribution in [2.45, 2.75) is 38.8 Å². The van der Waals surface area contributed by atoms with E-state index in [0.717, 1.165) is 5.82 Å². The molecule has 0 unspecified atom stereocenters. The molecule has 1 aromatic rings. The third kappa shape index (κ3) is 3.55. The Hall–Kier alpha value is -1.89. The lowest BCUT2D eigenvalue weighted by Crippen LogP contribution is -2.41. The molecule has 1 atom stereocenters. The molecule has 1 aromatic heterocycles. The van der Waals surface area contributed by atoms with Gasteiger partial charge < -0.3 is 19.5 Å². The SMILES string of the molecule is COCCNC(=O)c1cn2c(n1)[C@H](C)N(C(=O)CC1CC1)CC2. The van der Waals surface area contributed by atoms with Crippen molar-refractivity contribution in [1.82, 2.24) is 19.8 Å². The summed E-state index contributed by atoms with van der Waals surface area (Å²) in [6.07, 6.45) is 4.77. The maximum absolute atomic E-state index is 12.4. The van der Waals surface area contributed by atoms with Crippen LogP contribution in [0.5, 0.6) is 0 Å². The molecule has 0 spiro atoms. The van der Waals surface area contributed by atoms with Crippen molar-refractivity contribution in [2.75, 3.05) is 26.8 Å². The number of nitrogens with zero attached hydrogens (tertiary/aromatic N) is 3. The number of nitrogens with one attached hydrogen (secondary N) is 1. The minimum Gasteiger partial charge on any atom is -0.383 e. The van der Waals surface area contributed by atoms with Crippen molar-refractivity contribution in [2.24, 2.45) is 5.92 Å². The van der Waals surface area contributed by atoms with Gasteiger partial charge in [0.2, 0.25) is 5.91 Å². The van der Waals surface area contributed by atoms with E-state index in [4.69, 9.17) is 4.74 Å². The molecule has 0 radical (unpaired) electrons. The van der Waals surface area contributed by atoms with E-state index < -0.39 is 0 Å². The lowest BCUT2D eigenvalue weighted by Gasteiger charge is -2.33. The lowest BCUT2D eigenvalue weighted by atomic mass is 10.1. The maximum Gasteiger partial charge on any atom is 0.271 e. The van der Waals surface area contributed by atoms with Crippen molar-refractivity contribution in [3.63, 3.8) is 0 Å². The molecule has 2 amide bonds. The molecule has 2 aliphatic rings. The Morgan fingerprint density at radius 2 is 2.17 bits per heavy atom. The third-order valence-electron chi connectivity index (χ3n) is 4.54. The normalized spacial score (nSPS) is 20.3. The highest BCUT2D eigenvalue weighted by atomic mass is 16.5. The third-order valence-corrected chi connectivity index (χ3v) is 4.54. The molecule has 0 bridgehead atoms. The summed E-state index contributed by atoms with van der Waals surface area (Å²) in [6.45, 7) is 4.28. The molecule has 1 aliphatic carbocycles. The van der Waals surface area contributed by atoms with Crippen molar-refractivity contribution in [3.8, 4) is 0 Å². The molecule has 0 aromatic carbocycles. The Bertz CT molecular complexity index is 594. The first kappa shape index (κ1) is 16.0. The standard InChI is InChI=1S/C16H24N4O3/c1-11-15-18-13(16(22)17-5-8-23-2)10-19(15)6-7-20(11)14(21)9-12-3-4-12/h10-12H,3-9H2,1-2H3,(H,17,22)/t11-/m0/s1. The number of aromatic nitrogens is 2. The number of rotatable bonds is 6. The summed E-state index contributed by atoms with van der Waals surface area (Å²) in [5, 5.41) is 2.77. The molecule has 1 aliphatic heterocycles. The van der Waals surface area contributed by atoms with Gasteiger partial charge in [0.25, 0.3) is 5.91 Å². The number of ether oxygens (including phenoxy) is 1. The Morgan fingerprint density at radius 1 is 1.39 bits per heavy atom. The second kappa shape index (κ2) is 6.70. The first-order chi connectivity index (χ1) is 11.1. The van der Waals surface area contributed by atoms with Crippen LogP contribution in [0.3, 0.4) is 0 Å². The molecule has 23 heavy (non-hydrogen) atoms. The van der Waals surface area contributed by atoms with E-state index in [1.807, 2.05) is 16.4 Å². The highest BCUT2D eigenvalue weighted by molar-refractivity contribution is 5.92. The number of carbonyl (C=O) groups is 2. The summed E-state index contributed by atoms with van der Waals surface area (Å²) in [5.41, 5.74) is 0.402. The number of methoxy groups -OCH3 is 1. The van der Waals surface area contributed by atoms with Gasteiger partial charge in [0.1, 0.15) is 11.5 Å². The molecule has 1 fully saturated rings. The van der Waals surface area contributed by atoms with Crippen LogP contribution in [0.1, 0.15) is 48.5 Å². The lowest BCUT2D eigenvalue weighted by molar-refractivity contribution is -0.134. The van der Waals surface area contributed by atoms with E-state index in [1.54, 1.807) is 13.3 Å². The van der Waals surface area contributed by atoms with Crippen LogP contribution in [0.4, 0.5) is 0 Å². The average molecular weight is 320 g/mol. The van der Waals surface area contributed by atoms with E-state index in [0.29, 0.717) is 44.3 Å². The second-order valence-corrected chi connectivity index (χ2v) is 6.34. The topological polar surface area (TPSA) is 76.5 Å².